The molecule has 1 aliphatic rings. The first-order valence-electron chi connectivity index (χ1n) is 7.00. The predicted octanol–water partition coefficient (Wildman–Crippen LogP) is 2.45. The molecule has 0 bridgehead atoms. The third kappa shape index (κ3) is 3.17. The molecule has 1 heterocycles. The first kappa shape index (κ1) is 15.1. The van der Waals surface area contributed by atoms with Crippen molar-refractivity contribution in [2.75, 3.05) is 4.90 Å². The summed E-state index contributed by atoms with van der Waals surface area (Å²) >= 11 is 5.12. The zero-order valence-corrected chi connectivity index (χ0v) is 12.9. The highest BCUT2D eigenvalue weighted by Crippen LogP contribution is 2.20. The van der Waals surface area contributed by atoms with E-state index in [0.717, 1.165) is 0 Å². The van der Waals surface area contributed by atoms with Crippen molar-refractivity contribution in [1.82, 2.24) is 5.32 Å². The van der Waals surface area contributed by atoms with E-state index in [4.69, 9.17) is 12.2 Å². The Morgan fingerprint density at radius 2 is 1.61 bits per heavy atom. The van der Waals surface area contributed by atoms with Gasteiger partial charge >= 0.3 is 0 Å². The standard InChI is InChI=1S/C17H13N3O2S/c21-15-14(11-18-12-7-3-1-4-8-12)16(22)20(17(23)19-15)13-9-5-2-6-10-13/h1-11,14H,(H,19,21,23)/t14-/m0/s1. The number of nitrogens with zero attached hydrogens (tertiary/aromatic N) is 2. The van der Waals surface area contributed by atoms with Crippen LogP contribution in [0.15, 0.2) is 65.7 Å². The van der Waals surface area contributed by atoms with E-state index in [-0.39, 0.29) is 5.11 Å². The topological polar surface area (TPSA) is 61.8 Å². The molecule has 2 aromatic rings. The summed E-state index contributed by atoms with van der Waals surface area (Å²) in [5.74, 6) is -1.89. The zero-order chi connectivity index (χ0) is 16.2. The molecular formula is C17H13N3O2S. The second-order valence-electron chi connectivity index (χ2n) is 4.89. The number of thiocarbonyl (C=S) groups is 1. The Morgan fingerprint density at radius 3 is 2.26 bits per heavy atom. The number of para-hydroxylation sites is 2. The molecule has 1 saturated heterocycles. The van der Waals surface area contributed by atoms with Crippen molar-refractivity contribution in [3.05, 3.63) is 60.7 Å². The quantitative estimate of drug-likeness (QED) is 0.536. The molecule has 0 saturated carbocycles. The number of benzene rings is 2. The number of amides is 2. The van der Waals surface area contributed by atoms with Crippen molar-refractivity contribution in [3.8, 4) is 0 Å². The summed E-state index contributed by atoms with van der Waals surface area (Å²) in [4.78, 5) is 30.3. The molecule has 2 aromatic carbocycles. The number of carbonyl (C=O) groups excluding carboxylic acids is 2. The van der Waals surface area contributed by atoms with Crippen molar-refractivity contribution >= 4 is 46.7 Å². The van der Waals surface area contributed by atoms with Gasteiger partial charge in [-0.05, 0) is 36.5 Å². The average molecular weight is 323 g/mol. The molecule has 0 aliphatic carbocycles. The Labute approximate surface area is 138 Å². The van der Waals surface area contributed by atoms with Crippen molar-refractivity contribution in [2.45, 2.75) is 0 Å². The van der Waals surface area contributed by atoms with Gasteiger partial charge in [0, 0.05) is 6.21 Å². The lowest BCUT2D eigenvalue weighted by atomic mass is 10.1. The van der Waals surface area contributed by atoms with Gasteiger partial charge in [0.05, 0.1) is 11.4 Å². The average Bonchev–Trinajstić information content (AvgIpc) is 2.56. The van der Waals surface area contributed by atoms with Crippen LogP contribution in [0.25, 0.3) is 0 Å². The van der Waals surface area contributed by atoms with Crippen LogP contribution < -0.4 is 10.2 Å². The lowest BCUT2D eigenvalue weighted by Gasteiger charge is -2.30. The highest BCUT2D eigenvalue weighted by molar-refractivity contribution is 7.80. The summed E-state index contributed by atoms with van der Waals surface area (Å²) < 4.78 is 0. The zero-order valence-electron chi connectivity index (χ0n) is 12.0. The summed E-state index contributed by atoms with van der Waals surface area (Å²) in [5, 5.41) is 2.63. The van der Waals surface area contributed by atoms with E-state index in [0.29, 0.717) is 11.4 Å². The molecule has 3 rings (SSSR count). The van der Waals surface area contributed by atoms with Crippen molar-refractivity contribution in [2.24, 2.45) is 10.9 Å². The van der Waals surface area contributed by atoms with Gasteiger partial charge in [-0.15, -0.1) is 0 Å². The third-order valence-corrected chi connectivity index (χ3v) is 3.63. The molecule has 2 amide bonds. The molecule has 114 valence electrons. The Bertz CT molecular complexity index is 775. The van der Waals surface area contributed by atoms with Crippen LogP contribution in [0.5, 0.6) is 0 Å². The normalized spacial score (nSPS) is 18.3. The Kier molecular flexibility index (Phi) is 4.25. The summed E-state index contributed by atoms with van der Waals surface area (Å²) in [6, 6.07) is 18.1. The van der Waals surface area contributed by atoms with Crippen LogP contribution in [0.2, 0.25) is 0 Å². The van der Waals surface area contributed by atoms with Gasteiger partial charge in [0.2, 0.25) is 5.91 Å². The molecule has 0 unspecified atom stereocenters. The number of anilines is 1. The fraction of sp³-hybridized carbons (Fsp3) is 0.0588. The van der Waals surface area contributed by atoms with Gasteiger partial charge in [0.15, 0.2) is 11.0 Å². The molecule has 1 aliphatic heterocycles. The minimum Gasteiger partial charge on any atom is -0.301 e. The van der Waals surface area contributed by atoms with Gasteiger partial charge in [-0.1, -0.05) is 36.4 Å². The van der Waals surface area contributed by atoms with E-state index in [1.54, 1.807) is 36.4 Å². The number of carbonyl (C=O) groups is 2. The van der Waals surface area contributed by atoms with Gasteiger partial charge in [-0.2, -0.15) is 0 Å². The summed E-state index contributed by atoms with van der Waals surface area (Å²) in [6.45, 7) is 0. The van der Waals surface area contributed by atoms with Gasteiger partial charge in [0.1, 0.15) is 0 Å². The lowest BCUT2D eigenvalue weighted by Crippen LogP contribution is -2.58. The molecule has 0 aromatic heterocycles. The minimum absolute atomic E-state index is 0.0792. The molecule has 1 fully saturated rings. The smallest absolute Gasteiger partial charge is 0.251 e. The fourth-order valence-corrected chi connectivity index (χ4v) is 2.51. The molecule has 1 N–H and O–H groups in total. The van der Waals surface area contributed by atoms with E-state index in [1.165, 1.54) is 11.1 Å². The van der Waals surface area contributed by atoms with Crippen LogP contribution >= 0.6 is 12.2 Å². The van der Waals surface area contributed by atoms with Crippen LogP contribution in [0.3, 0.4) is 0 Å². The number of hydrogen-bond acceptors (Lipinski definition) is 4. The Morgan fingerprint density at radius 1 is 1.00 bits per heavy atom. The van der Waals surface area contributed by atoms with Gasteiger partial charge in [0.25, 0.3) is 5.91 Å². The molecule has 0 radical (unpaired) electrons. The lowest BCUT2D eigenvalue weighted by molar-refractivity contribution is -0.130. The number of rotatable bonds is 3. The van der Waals surface area contributed by atoms with E-state index in [1.807, 2.05) is 24.3 Å². The molecular weight excluding hydrogens is 310 g/mol. The maximum absolute atomic E-state index is 12.7. The minimum atomic E-state index is -1.01. The van der Waals surface area contributed by atoms with E-state index in [9.17, 15) is 9.59 Å². The highest BCUT2D eigenvalue weighted by atomic mass is 32.1. The van der Waals surface area contributed by atoms with E-state index < -0.39 is 17.7 Å². The Hall–Kier alpha value is -2.86. The Balaban J connectivity index is 1.88. The van der Waals surface area contributed by atoms with Crippen LogP contribution in [0.4, 0.5) is 11.4 Å². The molecule has 6 heteroatoms. The third-order valence-electron chi connectivity index (χ3n) is 3.35. The monoisotopic (exact) mass is 323 g/mol. The number of nitrogens with one attached hydrogen (secondary N) is 1. The van der Waals surface area contributed by atoms with Crippen LogP contribution in [-0.4, -0.2) is 23.1 Å². The van der Waals surface area contributed by atoms with Crippen molar-refractivity contribution in [3.63, 3.8) is 0 Å². The molecule has 5 nitrogen and oxygen atoms in total. The van der Waals surface area contributed by atoms with Crippen LogP contribution in [-0.2, 0) is 9.59 Å². The summed E-state index contributed by atoms with van der Waals surface area (Å²) in [5.41, 5.74) is 1.29. The number of aliphatic imine (C=N–C) groups is 1. The maximum Gasteiger partial charge on any atom is 0.251 e. The van der Waals surface area contributed by atoms with Crippen molar-refractivity contribution < 1.29 is 9.59 Å². The molecule has 0 spiro atoms. The SMILES string of the molecule is O=C1NC(=S)N(c2ccccc2)C(=O)[C@H]1C=Nc1ccccc1. The van der Waals surface area contributed by atoms with Gasteiger partial charge in [-0.25, -0.2) is 0 Å². The van der Waals surface area contributed by atoms with Gasteiger partial charge < -0.3 is 5.32 Å². The maximum atomic E-state index is 12.7. The largest absolute Gasteiger partial charge is 0.301 e. The number of hydrogen-bond donors (Lipinski definition) is 1. The fourth-order valence-electron chi connectivity index (χ4n) is 2.22. The highest BCUT2D eigenvalue weighted by Gasteiger charge is 2.38. The first-order chi connectivity index (χ1) is 11.2. The molecule has 1 atom stereocenters. The van der Waals surface area contributed by atoms with Crippen molar-refractivity contribution in [1.29, 1.82) is 0 Å². The van der Waals surface area contributed by atoms with Crippen LogP contribution in [0, 0.1) is 5.92 Å². The van der Waals surface area contributed by atoms with E-state index in [2.05, 4.69) is 10.3 Å². The second kappa shape index (κ2) is 6.50. The summed E-state index contributed by atoms with van der Waals surface area (Å²) in [7, 11) is 0. The van der Waals surface area contributed by atoms with E-state index >= 15 is 0 Å². The first-order valence-corrected chi connectivity index (χ1v) is 7.41. The van der Waals surface area contributed by atoms with Crippen LogP contribution in [0.1, 0.15) is 0 Å². The summed E-state index contributed by atoms with van der Waals surface area (Å²) in [6.07, 6.45) is 1.35. The molecule has 23 heavy (non-hydrogen) atoms. The predicted molar refractivity (Wildman–Crippen MR) is 92.8 cm³/mol. The second-order valence-corrected chi connectivity index (χ2v) is 5.28. The van der Waals surface area contributed by atoms with Gasteiger partial charge in [-0.3, -0.25) is 19.5 Å².